The van der Waals surface area contributed by atoms with Crippen LogP contribution in [0.4, 0.5) is 0 Å². The zero-order chi connectivity index (χ0) is 21.3. The Bertz CT molecular complexity index is 782. The maximum absolute atomic E-state index is 12.8. The Morgan fingerprint density at radius 2 is 1.66 bits per heavy atom. The van der Waals surface area contributed by atoms with Crippen LogP contribution < -0.4 is 0 Å². The molecule has 9 atom stereocenters. The molecule has 3 saturated carbocycles. The molecule has 0 aromatic heterocycles. The van der Waals surface area contributed by atoms with Gasteiger partial charge in [0.25, 0.3) is 0 Å². The molecule has 0 spiro atoms. The average molecular weight is 401 g/mol. The minimum Gasteiger partial charge on any atom is -0.393 e. The van der Waals surface area contributed by atoms with Gasteiger partial charge in [-0.3, -0.25) is 14.4 Å². The molecule has 4 aliphatic carbocycles. The molecule has 4 rings (SSSR count). The molecule has 0 aromatic rings. The number of Topliss-reactive ketones (excluding diaryl/α,β-unsaturated/α-hetero) is 3. The maximum Gasteiger partial charge on any atom is 0.156 e. The van der Waals surface area contributed by atoms with Gasteiger partial charge in [-0.1, -0.05) is 19.9 Å². The monoisotopic (exact) mass is 400 g/mol. The van der Waals surface area contributed by atoms with Crippen LogP contribution >= 0.6 is 0 Å². The molecule has 160 valence electrons. The van der Waals surface area contributed by atoms with Crippen molar-refractivity contribution in [2.45, 2.75) is 79.2 Å². The van der Waals surface area contributed by atoms with Crippen LogP contribution in [0.3, 0.4) is 0 Å². The number of allylic oxidation sites excluding steroid dienone is 2. The van der Waals surface area contributed by atoms with Crippen LogP contribution in [0.5, 0.6) is 0 Å². The van der Waals surface area contributed by atoms with Gasteiger partial charge in [0.2, 0.25) is 0 Å². The highest BCUT2D eigenvalue weighted by atomic mass is 16.3. The van der Waals surface area contributed by atoms with Gasteiger partial charge in [-0.15, -0.1) is 0 Å². The predicted octanol–water partition coefficient (Wildman–Crippen LogP) is 4.15. The lowest BCUT2D eigenvalue weighted by molar-refractivity contribution is -0.190. The zero-order valence-electron chi connectivity index (χ0n) is 18.5. The van der Waals surface area contributed by atoms with Crippen molar-refractivity contribution in [3.63, 3.8) is 0 Å². The van der Waals surface area contributed by atoms with E-state index in [1.807, 2.05) is 0 Å². The molecule has 0 heterocycles. The fourth-order valence-electron chi connectivity index (χ4n) is 8.29. The number of rotatable bonds is 3. The van der Waals surface area contributed by atoms with E-state index in [1.54, 1.807) is 20.8 Å². The fraction of sp³-hybridized carbons (Fsp3) is 0.800. The molecule has 29 heavy (non-hydrogen) atoms. The lowest BCUT2D eigenvalue weighted by Crippen LogP contribution is -2.62. The van der Waals surface area contributed by atoms with Crippen LogP contribution in [0.25, 0.3) is 0 Å². The number of carbonyl (C=O) groups excluding carboxylic acids is 3. The number of hydrogen-bond acceptors (Lipinski definition) is 4. The minimum absolute atomic E-state index is 0.0740. The van der Waals surface area contributed by atoms with Gasteiger partial charge < -0.3 is 5.11 Å². The van der Waals surface area contributed by atoms with Crippen LogP contribution in [0, 0.1) is 46.3 Å². The van der Waals surface area contributed by atoms with Crippen molar-refractivity contribution in [2.75, 3.05) is 0 Å². The van der Waals surface area contributed by atoms with Crippen molar-refractivity contribution in [1.29, 1.82) is 0 Å². The molecule has 4 aliphatic rings. The quantitative estimate of drug-likeness (QED) is 0.773. The van der Waals surface area contributed by atoms with E-state index in [1.165, 1.54) is 0 Å². The standard InChI is InChI=1S/C25H36O4/c1-13(26)16-10-22-17(14(2)27)12-18-20-7-6-19(15(3)28)24(20,4)9-8-21(18)25(22,5)23(29)11-16/h6,16-18,20-23,29H,7-12H2,1-5H3/t16?,17?,18-,20-,21-,22?,23?,24+,25+/m0/s1. The second-order valence-electron chi connectivity index (χ2n) is 11.0. The summed E-state index contributed by atoms with van der Waals surface area (Å²) in [6.45, 7) is 9.42. The van der Waals surface area contributed by atoms with Crippen LogP contribution in [0.1, 0.15) is 73.1 Å². The molecule has 0 aromatic carbocycles. The molecular weight excluding hydrogens is 364 g/mol. The largest absolute Gasteiger partial charge is 0.393 e. The molecular formula is C25H36O4. The summed E-state index contributed by atoms with van der Waals surface area (Å²) in [6, 6.07) is 0. The third-order valence-electron chi connectivity index (χ3n) is 9.87. The number of aliphatic hydroxyl groups is 1. The molecule has 4 heteroatoms. The van der Waals surface area contributed by atoms with Crippen molar-refractivity contribution in [2.24, 2.45) is 46.3 Å². The molecule has 1 N–H and O–H groups in total. The summed E-state index contributed by atoms with van der Waals surface area (Å²) in [4.78, 5) is 37.2. The van der Waals surface area contributed by atoms with Gasteiger partial charge in [-0.2, -0.15) is 0 Å². The van der Waals surface area contributed by atoms with Crippen molar-refractivity contribution in [3.8, 4) is 0 Å². The average Bonchev–Trinajstić information content (AvgIpc) is 2.99. The summed E-state index contributed by atoms with van der Waals surface area (Å²) in [5.41, 5.74) is 0.554. The van der Waals surface area contributed by atoms with Crippen LogP contribution in [-0.2, 0) is 14.4 Å². The van der Waals surface area contributed by atoms with E-state index in [2.05, 4.69) is 19.9 Å². The summed E-state index contributed by atoms with van der Waals surface area (Å²) in [6.07, 6.45) is 6.57. The molecule has 3 fully saturated rings. The van der Waals surface area contributed by atoms with Gasteiger partial charge in [-0.25, -0.2) is 0 Å². The van der Waals surface area contributed by atoms with Crippen LogP contribution in [-0.4, -0.2) is 28.6 Å². The molecule has 0 amide bonds. The first-order chi connectivity index (χ1) is 13.5. The normalized spacial score (nSPS) is 48.8. The SMILES string of the molecule is CC(=O)C1=CC[C@H]2[C@@H]3CC(C(C)=O)C4CC(C(C)=O)CC(O)[C@]4(C)[C@H]3CC[C@]12C. The molecule has 0 aliphatic heterocycles. The van der Waals surface area contributed by atoms with E-state index in [9.17, 15) is 19.5 Å². The summed E-state index contributed by atoms with van der Waals surface area (Å²) in [5, 5.41) is 11.3. The maximum atomic E-state index is 12.8. The number of fused-ring (bicyclic) bond motifs is 5. The van der Waals surface area contributed by atoms with Crippen LogP contribution in [0.15, 0.2) is 11.6 Å². The highest BCUT2D eigenvalue weighted by molar-refractivity contribution is 5.95. The van der Waals surface area contributed by atoms with Crippen molar-refractivity contribution >= 4 is 17.3 Å². The Balaban J connectivity index is 1.73. The van der Waals surface area contributed by atoms with E-state index in [4.69, 9.17) is 0 Å². The Hall–Kier alpha value is -1.29. The summed E-state index contributed by atoms with van der Waals surface area (Å²) < 4.78 is 0. The summed E-state index contributed by atoms with van der Waals surface area (Å²) in [7, 11) is 0. The van der Waals surface area contributed by atoms with Gasteiger partial charge in [0, 0.05) is 17.3 Å². The lowest BCUT2D eigenvalue weighted by Gasteiger charge is -2.63. The Labute approximate surface area is 174 Å². The highest BCUT2D eigenvalue weighted by Gasteiger charge is 2.64. The first-order valence-electron chi connectivity index (χ1n) is 11.4. The van der Waals surface area contributed by atoms with Gasteiger partial charge in [-0.05, 0) is 94.0 Å². The number of ketones is 3. The zero-order valence-corrected chi connectivity index (χ0v) is 18.5. The Morgan fingerprint density at radius 3 is 2.24 bits per heavy atom. The lowest BCUT2D eigenvalue weighted by atomic mass is 9.41. The number of aliphatic hydroxyl groups excluding tert-OH is 1. The first-order valence-corrected chi connectivity index (χ1v) is 11.4. The van der Waals surface area contributed by atoms with E-state index in [-0.39, 0.29) is 45.9 Å². The third kappa shape index (κ3) is 2.85. The predicted molar refractivity (Wildman–Crippen MR) is 111 cm³/mol. The van der Waals surface area contributed by atoms with Gasteiger partial charge in [0.05, 0.1) is 6.10 Å². The van der Waals surface area contributed by atoms with Gasteiger partial charge in [0.15, 0.2) is 5.78 Å². The molecule has 0 saturated heterocycles. The molecule has 4 unspecified atom stereocenters. The fourth-order valence-corrected chi connectivity index (χ4v) is 8.29. The number of hydrogen-bond donors (Lipinski definition) is 1. The van der Waals surface area contributed by atoms with Gasteiger partial charge in [0.1, 0.15) is 11.6 Å². The third-order valence-corrected chi connectivity index (χ3v) is 9.87. The van der Waals surface area contributed by atoms with Crippen molar-refractivity contribution in [1.82, 2.24) is 0 Å². The topological polar surface area (TPSA) is 71.4 Å². The van der Waals surface area contributed by atoms with Crippen molar-refractivity contribution < 1.29 is 19.5 Å². The summed E-state index contributed by atoms with van der Waals surface area (Å²) >= 11 is 0. The highest BCUT2D eigenvalue weighted by Crippen LogP contribution is 2.67. The van der Waals surface area contributed by atoms with Crippen molar-refractivity contribution in [3.05, 3.63) is 11.6 Å². The van der Waals surface area contributed by atoms with Gasteiger partial charge >= 0.3 is 0 Å². The first kappa shape index (κ1) is 21.0. The molecule has 0 bridgehead atoms. The van der Waals surface area contributed by atoms with E-state index < -0.39 is 6.10 Å². The second-order valence-corrected chi connectivity index (χ2v) is 11.0. The number of carbonyl (C=O) groups is 3. The van der Waals surface area contributed by atoms with Crippen LogP contribution in [0.2, 0.25) is 0 Å². The smallest absolute Gasteiger partial charge is 0.156 e. The minimum atomic E-state index is -0.546. The van der Waals surface area contributed by atoms with E-state index in [0.29, 0.717) is 24.2 Å². The van der Waals surface area contributed by atoms with E-state index in [0.717, 1.165) is 37.7 Å². The Kier molecular flexibility index (Phi) is 4.96. The Morgan fingerprint density at radius 1 is 0.966 bits per heavy atom. The molecule has 4 nitrogen and oxygen atoms in total. The second kappa shape index (κ2) is 6.87. The molecule has 0 radical (unpaired) electrons. The summed E-state index contributed by atoms with van der Waals surface area (Å²) in [5.74, 6) is 1.43. The van der Waals surface area contributed by atoms with E-state index >= 15 is 0 Å².